The van der Waals surface area contributed by atoms with Crippen molar-refractivity contribution in [1.29, 1.82) is 0 Å². The molecule has 0 spiro atoms. The van der Waals surface area contributed by atoms with E-state index in [1.807, 2.05) is 68.4 Å². The van der Waals surface area contributed by atoms with Crippen LogP contribution in [0.2, 0.25) is 5.02 Å². The largest absolute Gasteiger partial charge is 0.350 e. The van der Waals surface area contributed by atoms with Crippen molar-refractivity contribution in [1.82, 2.24) is 15.5 Å². The van der Waals surface area contributed by atoms with Crippen molar-refractivity contribution in [3.8, 4) is 22.5 Å². The molecule has 24 heavy (non-hydrogen) atoms. The van der Waals surface area contributed by atoms with Gasteiger partial charge < -0.3 is 5.32 Å². The number of benzene rings is 2. The Labute approximate surface area is 145 Å². The van der Waals surface area contributed by atoms with Gasteiger partial charge in [-0.15, -0.1) is 0 Å². The zero-order chi connectivity index (χ0) is 17.1. The number of hydrogen-bond acceptors (Lipinski definition) is 2. The van der Waals surface area contributed by atoms with Gasteiger partial charge in [0.1, 0.15) is 0 Å². The number of rotatable bonds is 4. The predicted molar refractivity (Wildman–Crippen MR) is 97.1 cm³/mol. The first kappa shape index (κ1) is 16.3. The smallest absolute Gasteiger partial charge is 0.251 e. The molecular weight excluding hydrogens is 322 g/mol. The normalized spacial score (nSPS) is 10.8. The number of nitrogens with one attached hydrogen (secondary N) is 2. The van der Waals surface area contributed by atoms with Gasteiger partial charge in [0, 0.05) is 22.2 Å². The van der Waals surface area contributed by atoms with Crippen LogP contribution in [0.25, 0.3) is 22.5 Å². The second kappa shape index (κ2) is 6.89. The van der Waals surface area contributed by atoms with Gasteiger partial charge in [-0.3, -0.25) is 9.89 Å². The van der Waals surface area contributed by atoms with Crippen LogP contribution < -0.4 is 5.32 Å². The number of H-pyrrole nitrogens is 1. The molecular formula is C19H18ClN3O. The molecule has 3 rings (SSSR count). The van der Waals surface area contributed by atoms with E-state index in [9.17, 15) is 4.79 Å². The maximum Gasteiger partial charge on any atom is 0.251 e. The molecule has 1 amide bonds. The first-order valence-electron chi connectivity index (χ1n) is 7.75. The molecule has 1 aromatic heterocycles. The second-order valence-corrected chi connectivity index (χ2v) is 6.32. The summed E-state index contributed by atoms with van der Waals surface area (Å²) in [7, 11) is 0. The summed E-state index contributed by atoms with van der Waals surface area (Å²) >= 11 is 5.91. The fourth-order valence-corrected chi connectivity index (χ4v) is 2.51. The van der Waals surface area contributed by atoms with Gasteiger partial charge in [0.2, 0.25) is 0 Å². The van der Waals surface area contributed by atoms with Crippen molar-refractivity contribution in [3.63, 3.8) is 0 Å². The molecule has 5 heteroatoms. The van der Waals surface area contributed by atoms with Crippen LogP contribution in [0.5, 0.6) is 0 Å². The summed E-state index contributed by atoms with van der Waals surface area (Å²) in [6.45, 7) is 3.88. The van der Waals surface area contributed by atoms with E-state index in [0.29, 0.717) is 10.6 Å². The molecule has 0 fully saturated rings. The van der Waals surface area contributed by atoms with Crippen LogP contribution in [-0.4, -0.2) is 22.1 Å². The minimum Gasteiger partial charge on any atom is -0.350 e. The lowest BCUT2D eigenvalue weighted by atomic mass is 10.1. The molecule has 0 aliphatic heterocycles. The van der Waals surface area contributed by atoms with E-state index < -0.39 is 0 Å². The van der Waals surface area contributed by atoms with E-state index in [2.05, 4.69) is 15.5 Å². The van der Waals surface area contributed by atoms with Crippen LogP contribution in [0.1, 0.15) is 24.2 Å². The Hall–Kier alpha value is -2.59. The highest BCUT2D eigenvalue weighted by Gasteiger charge is 2.09. The Bertz CT molecular complexity index is 836. The van der Waals surface area contributed by atoms with E-state index in [-0.39, 0.29) is 11.9 Å². The van der Waals surface area contributed by atoms with Crippen molar-refractivity contribution in [2.45, 2.75) is 19.9 Å². The minimum absolute atomic E-state index is 0.0690. The Morgan fingerprint density at radius 3 is 2.29 bits per heavy atom. The molecule has 0 bridgehead atoms. The molecule has 2 N–H and O–H groups in total. The van der Waals surface area contributed by atoms with Crippen LogP contribution >= 0.6 is 11.6 Å². The highest BCUT2D eigenvalue weighted by atomic mass is 35.5. The Balaban J connectivity index is 1.80. The van der Waals surface area contributed by atoms with Crippen molar-refractivity contribution < 1.29 is 4.79 Å². The van der Waals surface area contributed by atoms with Crippen molar-refractivity contribution >= 4 is 17.5 Å². The highest BCUT2D eigenvalue weighted by molar-refractivity contribution is 6.30. The number of nitrogens with zero attached hydrogens (tertiary/aromatic N) is 1. The topological polar surface area (TPSA) is 57.8 Å². The maximum atomic E-state index is 12.0. The molecule has 2 aromatic carbocycles. The molecule has 0 aliphatic rings. The van der Waals surface area contributed by atoms with Crippen molar-refractivity contribution in [2.75, 3.05) is 0 Å². The van der Waals surface area contributed by atoms with Gasteiger partial charge >= 0.3 is 0 Å². The molecule has 0 saturated carbocycles. The average Bonchev–Trinajstić information content (AvgIpc) is 3.05. The zero-order valence-electron chi connectivity index (χ0n) is 13.5. The quantitative estimate of drug-likeness (QED) is 0.733. The minimum atomic E-state index is -0.0690. The number of halogens is 1. The molecule has 0 atom stereocenters. The lowest BCUT2D eigenvalue weighted by Crippen LogP contribution is -2.29. The van der Waals surface area contributed by atoms with Gasteiger partial charge in [-0.05, 0) is 49.7 Å². The molecule has 1 heterocycles. The molecule has 3 aromatic rings. The van der Waals surface area contributed by atoms with Crippen LogP contribution in [0.4, 0.5) is 0 Å². The Morgan fingerprint density at radius 2 is 1.67 bits per heavy atom. The molecule has 0 radical (unpaired) electrons. The predicted octanol–water partition coefficient (Wildman–Crippen LogP) is 4.54. The summed E-state index contributed by atoms with van der Waals surface area (Å²) in [5, 5.41) is 11.0. The third-order valence-corrected chi connectivity index (χ3v) is 3.85. The number of carbonyl (C=O) groups excluding carboxylic acids is 1. The first-order valence-corrected chi connectivity index (χ1v) is 8.13. The van der Waals surface area contributed by atoms with E-state index in [0.717, 1.165) is 22.5 Å². The standard InChI is InChI=1S/C19H18ClN3O/c1-12(2)21-19(24)15-5-3-13(4-6-15)17-11-18(23-22-17)14-7-9-16(20)10-8-14/h3-12H,1-2H3,(H,21,24)(H,22,23). The van der Waals surface area contributed by atoms with E-state index in [1.54, 1.807) is 0 Å². The van der Waals surface area contributed by atoms with Gasteiger partial charge in [0.05, 0.1) is 11.4 Å². The van der Waals surface area contributed by atoms with Crippen LogP contribution in [0.3, 0.4) is 0 Å². The number of hydrogen-bond donors (Lipinski definition) is 2. The van der Waals surface area contributed by atoms with E-state index in [4.69, 9.17) is 11.6 Å². The summed E-state index contributed by atoms with van der Waals surface area (Å²) in [6, 6.07) is 17.1. The van der Waals surface area contributed by atoms with Gasteiger partial charge in [-0.2, -0.15) is 5.10 Å². The fraction of sp³-hybridized carbons (Fsp3) is 0.158. The molecule has 0 saturated heterocycles. The number of amides is 1. The van der Waals surface area contributed by atoms with Gasteiger partial charge in [-0.1, -0.05) is 35.9 Å². The summed E-state index contributed by atoms with van der Waals surface area (Å²) in [5.74, 6) is -0.0690. The number of carbonyl (C=O) groups is 1. The van der Waals surface area contributed by atoms with Gasteiger partial charge in [-0.25, -0.2) is 0 Å². The van der Waals surface area contributed by atoms with E-state index in [1.165, 1.54) is 0 Å². The van der Waals surface area contributed by atoms with Crippen molar-refractivity contribution in [2.24, 2.45) is 0 Å². The maximum absolute atomic E-state index is 12.0. The Kier molecular flexibility index (Phi) is 4.67. The van der Waals surface area contributed by atoms with Crippen LogP contribution in [-0.2, 0) is 0 Å². The van der Waals surface area contributed by atoms with Crippen LogP contribution in [0.15, 0.2) is 54.6 Å². The van der Waals surface area contributed by atoms with Crippen molar-refractivity contribution in [3.05, 3.63) is 65.2 Å². The lowest BCUT2D eigenvalue weighted by Gasteiger charge is -2.08. The second-order valence-electron chi connectivity index (χ2n) is 5.88. The third-order valence-electron chi connectivity index (χ3n) is 3.60. The first-order chi connectivity index (χ1) is 11.5. The third kappa shape index (κ3) is 3.66. The average molecular weight is 340 g/mol. The molecule has 0 aliphatic carbocycles. The fourth-order valence-electron chi connectivity index (χ4n) is 2.38. The van der Waals surface area contributed by atoms with Gasteiger partial charge in [0.15, 0.2) is 0 Å². The summed E-state index contributed by atoms with van der Waals surface area (Å²) in [4.78, 5) is 12.0. The van der Waals surface area contributed by atoms with Crippen LogP contribution in [0, 0.1) is 0 Å². The monoisotopic (exact) mass is 339 g/mol. The molecule has 122 valence electrons. The molecule has 4 nitrogen and oxygen atoms in total. The summed E-state index contributed by atoms with van der Waals surface area (Å²) in [6.07, 6.45) is 0. The number of aromatic amines is 1. The zero-order valence-corrected chi connectivity index (χ0v) is 14.3. The highest BCUT2D eigenvalue weighted by Crippen LogP contribution is 2.25. The molecule has 0 unspecified atom stereocenters. The van der Waals surface area contributed by atoms with Gasteiger partial charge in [0.25, 0.3) is 5.91 Å². The number of aromatic nitrogens is 2. The summed E-state index contributed by atoms with van der Waals surface area (Å²) < 4.78 is 0. The van der Waals surface area contributed by atoms with E-state index >= 15 is 0 Å². The SMILES string of the molecule is CC(C)NC(=O)c1ccc(-c2cc(-c3ccc(Cl)cc3)[nH]n2)cc1. The summed E-state index contributed by atoms with van der Waals surface area (Å²) in [5.41, 5.74) is 4.36. The Morgan fingerprint density at radius 1 is 1.04 bits per heavy atom. The lowest BCUT2D eigenvalue weighted by molar-refractivity contribution is 0.0943.